The lowest BCUT2D eigenvalue weighted by molar-refractivity contribution is -0.126. The van der Waals surface area contributed by atoms with Crippen LogP contribution in [0.1, 0.15) is 18.4 Å². The van der Waals surface area contributed by atoms with E-state index >= 15 is 0 Å². The van der Waals surface area contributed by atoms with Crippen LogP contribution >= 0.6 is 0 Å². The molecule has 1 aliphatic rings. The molecule has 0 spiro atoms. The van der Waals surface area contributed by atoms with Crippen LogP contribution in [0.15, 0.2) is 71.9 Å². The van der Waals surface area contributed by atoms with Gasteiger partial charge in [-0.25, -0.2) is 8.42 Å². The Bertz CT molecular complexity index is 1120. The minimum atomic E-state index is -3.64. The summed E-state index contributed by atoms with van der Waals surface area (Å²) in [5, 5.41) is 4.80. The van der Waals surface area contributed by atoms with Crippen LogP contribution in [-0.4, -0.2) is 36.7 Å². The molecule has 0 saturated carbocycles. The Hall–Kier alpha value is -2.77. The number of fused-ring (bicyclic) bond motifs is 1. The maximum atomic E-state index is 13.2. The van der Waals surface area contributed by atoms with Crippen LogP contribution in [0.5, 0.6) is 0 Å². The standard InChI is InChI=1S/C22H23N3O3S/c26-22(24-15-17-9-11-23-12-10-17)20-6-3-13-25(16-20)29(27,28)21-8-7-18-4-1-2-5-19(18)14-21/h1-2,4-5,7-12,14,20H,3,6,13,15-16H2,(H,24,26)/t20-/m0/s1. The monoisotopic (exact) mass is 409 g/mol. The summed E-state index contributed by atoms with van der Waals surface area (Å²) in [6.45, 7) is 1.05. The molecule has 29 heavy (non-hydrogen) atoms. The molecule has 2 aromatic carbocycles. The first-order valence-electron chi connectivity index (χ1n) is 9.69. The Morgan fingerprint density at radius 3 is 2.62 bits per heavy atom. The third-order valence-electron chi connectivity index (χ3n) is 5.33. The number of pyridine rings is 1. The Labute approximate surface area is 170 Å². The van der Waals surface area contributed by atoms with Crippen molar-refractivity contribution in [2.75, 3.05) is 13.1 Å². The molecule has 1 aromatic heterocycles. The lowest BCUT2D eigenvalue weighted by Gasteiger charge is -2.31. The number of rotatable bonds is 5. The second kappa shape index (κ2) is 8.31. The van der Waals surface area contributed by atoms with Gasteiger partial charge in [-0.15, -0.1) is 0 Å². The minimum absolute atomic E-state index is 0.111. The lowest BCUT2D eigenvalue weighted by atomic mass is 9.99. The summed E-state index contributed by atoms with van der Waals surface area (Å²) in [7, 11) is -3.64. The van der Waals surface area contributed by atoms with E-state index in [0.717, 1.165) is 16.3 Å². The second-order valence-corrected chi connectivity index (χ2v) is 9.22. The van der Waals surface area contributed by atoms with E-state index in [4.69, 9.17) is 0 Å². The summed E-state index contributed by atoms with van der Waals surface area (Å²) < 4.78 is 27.8. The van der Waals surface area contributed by atoms with E-state index in [-0.39, 0.29) is 23.3 Å². The number of hydrogen-bond acceptors (Lipinski definition) is 4. The highest BCUT2D eigenvalue weighted by atomic mass is 32.2. The van der Waals surface area contributed by atoms with E-state index in [2.05, 4.69) is 10.3 Å². The van der Waals surface area contributed by atoms with Crippen LogP contribution in [0.3, 0.4) is 0 Å². The molecule has 4 rings (SSSR count). The van der Waals surface area contributed by atoms with Crippen LogP contribution in [-0.2, 0) is 21.4 Å². The summed E-state index contributed by atoms with van der Waals surface area (Å²) >= 11 is 0. The van der Waals surface area contributed by atoms with Crippen molar-refractivity contribution >= 4 is 26.7 Å². The molecule has 0 bridgehead atoms. The number of benzene rings is 2. The third kappa shape index (κ3) is 4.31. The van der Waals surface area contributed by atoms with E-state index in [0.29, 0.717) is 25.9 Å². The zero-order chi connectivity index (χ0) is 20.3. The molecule has 3 aromatic rings. The van der Waals surface area contributed by atoms with Gasteiger partial charge in [-0.3, -0.25) is 9.78 Å². The predicted molar refractivity (Wildman–Crippen MR) is 112 cm³/mol. The summed E-state index contributed by atoms with van der Waals surface area (Å²) in [5.74, 6) is -0.457. The van der Waals surface area contributed by atoms with Gasteiger partial charge in [0.15, 0.2) is 0 Å². The molecular formula is C22H23N3O3S. The number of sulfonamides is 1. The molecule has 1 saturated heterocycles. The number of hydrogen-bond donors (Lipinski definition) is 1. The van der Waals surface area contributed by atoms with Crippen molar-refractivity contribution in [2.24, 2.45) is 5.92 Å². The zero-order valence-electron chi connectivity index (χ0n) is 16.0. The molecule has 150 valence electrons. The summed E-state index contributed by atoms with van der Waals surface area (Å²) in [4.78, 5) is 16.8. The summed E-state index contributed by atoms with van der Waals surface area (Å²) in [6, 6.07) is 16.5. The van der Waals surface area contributed by atoms with Gasteiger partial charge in [0.05, 0.1) is 10.8 Å². The van der Waals surface area contributed by atoms with Crippen molar-refractivity contribution < 1.29 is 13.2 Å². The highest BCUT2D eigenvalue weighted by Crippen LogP contribution is 2.26. The lowest BCUT2D eigenvalue weighted by Crippen LogP contribution is -2.45. The molecule has 1 amide bonds. The van der Waals surface area contributed by atoms with Gasteiger partial charge in [-0.05, 0) is 53.4 Å². The normalized spacial score (nSPS) is 17.9. The van der Waals surface area contributed by atoms with Crippen molar-refractivity contribution in [3.63, 3.8) is 0 Å². The van der Waals surface area contributed by atoms with E-state index in [1.165, 1.54) is 4.31 Å². The smallest absolute Gasteiger partial charge is 0.243 e. The van der Waals surface area contributed by atoms with Crippen LogP contribution in [0.4, 0.5) is 0 Å². The van der Waals surface area contributed by atoms with E-state index in [9.17, 15) is 13.2 Å². The summed E-state index contributed by atoms with van der Waals surface area (Å²) in [5.41, 5.74) is 0.963. The van der Waals surface area contributed by atoms with Gasteiger partial charge < -0.3 is 5.32 Å². The topological polar surface area (TPSA) is 79.4 Å². The molecular weight excluding hydrogens is 386 g/mol. The van der Waals surface area contributed by atoms with Gasteiger partial charge in [-0.2, -0.15) is 4.31 Å². The van der Waals surface area contributed by atoms with Crippen LogP contribution < -0.4 is 5.32 Å². The van der Waals surface area contributed by atoms with Gasteiger partial charge in [0.2, 0.25) is 15.9 Å². The van der Waals surface area contributed by atoms with Crippen LogP contribution in [0.25, 0.3) is 10.8 Å². The van der Waals surface area contributed by atoms with Gasteiger partial charge in [0.25, 0.3) is 0 Å². The molecule has 0 unspecified atom stereocenters. The molecule has 1 atom stereocenters. The Morgan fingerprint density at radius 2 is 1.83 bits per heavy atom. The SMILES string of the molecule is O=C(NCc1ccncc1)[C@H]1CCCN(S(=O)(=O)c2ccc3ccccc3c2)C1. The van der Waals surface area contributed by atoms with E-state index in [1.807, 2.05) is 42.5 Å². The molecule has 0 aliphatic carbocycles. The zero-order valence-corrected chi connectivity index (χ0v) is 16.8. The number of carbonyl (C=O) groups excluding carboxylic acids is 1. The minimum Gasteiger partial charge on any atom is -0.352 e. The maximum Gasteiger partial charge on any atom is 0.243 e. The Balaban J connectivity index is 1.47. The quantitative estimate of drug-likeness (QED) is 0.703. The molecule has 1 fully saturated rings. The second-order valence-electron chi connectivity index (χ2n) is 7.28. The largest absolute Gasteiger partial charge is 0.352 e. The first-order chi connectivity index (χ1) is 14.0. The maximum absolute atomic E-state index is 13.2. The number of amides is 1. The molecule has 0 radical (unpaired) electrons. The summed E-state index contributed by atoms with van der Waals surface area (Å²) in [6.07, 6.45) is 4.71. The first kappa shape index (κ1) is 19.5. The van der Waals surface area contributed by atoms with Crippen molar-refractivity contribution in [2.45, 2.75) is 24.3 Å². The van der Waals surface area contributed by atoms with Crippen molar-refractivity contribution in [3.8, 4) is 0 Å². The van der Waals surface area contributed by atoms with Gasteiger partial charge >= 0.3 is 0 Å². The highest BCUT2D eigenvalue weighted by Gasteiger charge is 2.33. The Kier molecular flexibility index (Phi) is 5.60. The molecule has 7 heteroatoms. The van der Waals surface area contributed by atoms with Gasteiger partial charge in [-0.1, -0.05) is 30.3 Å². The van der Waals surface area contributed by atoms with Crippen LogP contribution in [0.2, 0.25) is 0 Å². The third-order valence-corrected chi connectivity index (χ3v) is 7.19. The van der Waals surface area contributed by atoms with Gasteiger partial charge in [0.1, 0.15) is 0 Å². The number of aromatic nitrogens is 1. The number of nitrogens with zero attached hydrogens (tertiary/aromatic N) is 2. The van der Waals surface area contributed by atoms with Gasteiger partial charge in [0, 0.05) is 32.0 Å². The fourth-order valence-electron chi connectivity index (χ4n) is 3.69. The highest BCUT2D eigenvalue weighted by molar-refractivity contribution is 7.89. The molecule has 2 heterocycles. The van der Waals surface area contributed by atoms with E-state index in [1.54, 1.807) is 24.5 Å². The van der Waals surface area contributed by atoms with Crippen LogP contribution in [0, 0.1) is 5.92 Å². The molecule has 1 N–H and O–H groups in total. The van der Waals surface area contributed by atoms with Crippen molar-refractivity contribution in [1.82, 2.24) is 14.6 Å². The molecule has 6 nitrogen and oxygen atoms in total. The average Bonchev–Trinajstić information content (AvgIpc) is 2.78. The number of carbonyl (C=O) groups is 1. The Morgan fingerprint density at radius 1 is 1.07 bits per heavy atom. The number of nitrogens with one attached hydrogen (secondary N) is 1. The van der Waals surface area contributed by atoms with E-state index < -0.39 is 10.0 Å². The van der Waals surface area contributed by atoms with Crippen molar-refractivity contribution in [3.05, 3.63) is 72.6 Å². The average molecular weight is 410 g/mol. The predicted octanol–water partition coefficient (Wildman–Crippen LogP) is 2.95. The fourth-order valence-corrected chi connectivity index (χ4v) is 5.25. The van der Waals surface area contributed by atoms with Crippen molar-refractivity contribution in [1.29, 1.82) is 0 Å². The fraction of sp³-hybridized carbons (Fsp3) is 0.273. The molecule has 1 aliphatic heterocycles. The first-order valence-corrected chi connectivity index (χ1v) is 11.1. The number of piperidine rings is 1.